The Bertz CT molecular complexity index is 1010. The number of rotatable bonds is 11. The number of urea groups is 1. The van der Waals surface area contributed by atoms with Crippen molar-refractivity contribution < 1.29 is 13.9 Å². The van der Waals surface area contributed by atoms with Gasteiger partial charge in [0.05, 0.1) is 12.4 Å². The van der Waals surface area contributed by atoms with Gasteiger partial charge in [-0.15, -0.1) is 22.0 Å². The Hall–Kier alpha value is -3.04. The summed E-state index contributed by atoms with van der Waals surface area (Å²) in [6.45, 7) is 4.41. The molecule has 0 saturated carbocycles. The lowest BCUT2D eigenvalue weighted by Crippen LogP contribution is -2.39. The Labute approximate surface area is 204 Å². The predicted molar refractivity (Wildman–Crippen MR) is 135 cm³/mol. The molecule has 180 valence electrons. The van der Waals surface area contributed by atoms with Crippen LogP contribution in [0.15, 0.2) is 59.0 Å². The van der Waals surface area contributed by atoms with Crippen LogP contribution in [0.5, 0.6) is 5.75 Å². The first-order valence-electron chi connectivity index (χ1n) is 11.7. The largest absolute Gasteiger partial charge is 0.493 e. The molecule has 2 aromatic carbocycles. The molecule has 3 aromatic rings. The van der Waals surface area contributed by atoms with Crippen molar-refractivity contribution >= 4 is 23.5 Å². The standard InChI is InChI=1S/C25H31N5O3S/c31-25(26-13-16-30-14-5-2-6-15-30)27-21-11-9-20(10-12-21)24-29-28-23(33-24)19-34-18-17-32-22-7-3-1-4-8-22/h1,3-4,7-12H,2,5-6,13-19H2,(H2,26,27,31). The second-order valence-corrected chi connectivity index (χ2v) is 9.18. The van der Waals surface area contributed by atoms with Crippen molar-refractivity contribution in [2.24, 2.45) is 0 Å². The summed E-state index contributed by atoms with van der Waals surface area (Å²) >= 11 is 1.68. The monoisotopic (exact) mass is 481 g/mol. The quantitative estimate of drug-likeness (QED) is 0.385. The molecule has 0 bridgehead atoms. The van der Waals surface area contributed by atoms with Gasteiger partial charge in [-0.05, 0) is 62.3 Å². The number of piperidine rings is 1. The lowest BCUT2D eigenvalue weighted by molar-refractivity contribution is 0.224. The summed E-state index contributed by atoms with van der Waals surface area (Å²) in [4.78, 5) is 14.5. The van der Waals surface area contributed by atoms with Crippen LogP contribution in [0.4, 0.5) is 10.5 Å². The van der Waals surface area contributed by atoms with Gasteiger partial charge < -0.3 is 24.7 Å². The molecule has 0 unspecified atom stereocenters. The first-order chi connectivity index (χ1) is 16.8. The fraction of sp³-hybridized carbons (Fsp3) is 0.400. The summed E-state index contributed by atoms with van der Waals surface area (Å²) in [5, 5.41) is 14.1. The molecule has 0 spiro atoms. The highest BCUT2D eigenvalue weighted by Gasteiger charge is 2.11. The maximum absolute atomic E-state index is 12.1. The maximum atomic E-state index is 12.1. The van der Waals surface area contributed by atoms with Crippen LogP contribution in [0.2, 0.25) is 0 Å². The fourth-order valence-corrected chi connectivity index (χ4v) is 4.34. The highest BCUT2D eigenvalue weighted by atomic mass is 32.2. The summed E-state index contributed by atoms with van der Waals surface area (Å²) in [6.07, 6.45) is 3.82. The molecule has 1 aromatic heterocycles. The van der Waals surface area contributed by atoms with Gasteiger partial charge in [0.25, 0.3) is 0 Å². The number of amides is 2. The van der Waals surface area contributed by atoms with Gasteiger partial charge in [-0.3, -0.25) is 0 Å². The summed E-state index contributed by atoms with van der Waals surface area (Å²) in [6, 6.07) is 17.0. The van der Waals surface area contributed by atoms with Crippen LogP contribution in [0, 0.1) is 0 Å². The van der Waals surface area contributed by atoms with Crippen LogP contribution in [-0.4, -0.2) is 59.7 Å². The Kier molecular flexibility index (Phi) is 9.21. The van der Waals surface area contributed by atoms with Crippen molar-refractivity contribution in [2.45, 2.75) is 25.0 Å². The average Bonchev–Trinajstić information content (AvgIpc) is 3.34. The molecular weight excluding hydrogens is 450 g/mol. The van der Waals surface area contributed by atoms with E-state index >= 15 is 0 Å². The SMILES string of the molecule is O=C(NCCN1CCCCC1)Nc1ccc(-c2nnc(CSCCOc3ccccc3)o2)cc1. The minimum Gasteiger partial charge on any atom is -0.493 e. The molecule has 1 aliphatic rings. The molecule has 2 heterocycles. The zero-order valence-corrected chi connectivity index (χ0v) is 20.1. The third kappa shape index (κ3) is 7.78. The van der Waals surface area contributed by atoms with Crippen molar-refractivity contribution in [3.05, 3.63) is 60.5 Å². The molecule has 2 amide bonds. The number of ether oxygens (including phenoxy) is 1. The number of carbonyl (C=O) groups is 1. The molecule has 0 atom stereocenters. The van der Waals surface area contributed by atoms with Crippen molar-refractivity contribution in [3.63, 3.8) is 0 Å². The molecule has 1 fully saturated rings. The van der Waals surface area contributed by atoms with E-state index in [1.54, 1.807) is 11.8 Å². The highest BCUT2D eigenvalue weighted by Crippen LogP contribution is 2.22. The van der Waals surface area contributed by atoms with Gasteiger partial charge in [0, 0.05) is 30.1 Å². The number of aromatic nitrogens is 2. The van der Waals surface area contributed by atoms with Gasteiger partial charge >= 0.3 is 6.03 Å². The zero-order chi connectivity index (χ0) is 23.4. The van der Waals surface area contributed by atoms with E-state index in [9.17, 15) is 4.79 Å². The van der Waals surface area contributed by atoms with Gasteiger partial charge in [-0.1, -0.05) is 24.6 Å². The number of para-hydroxylation sites is 1. The molecule has 9 heteroatoms. The third-order valence-electron chi connectivity index (χ3n) is 5.48. The Balaban J connectivity index is 1.15. The molecule has 8 nitrogen and oxygen atoms in total. The van der Waals surface area contributed by atoms with E-state index in [-0.39, 0.29) is 6.03 Å². The number of hydrogen-bond acceptors (Lipinski definition) is 7. The topological polar surface area (TPSA) is 92.5 Å². The van der Waals surface area contributed by atoms with E-state index in [1.807, 2.05) is 54.6 Å². The molecule has 1 aliphatic heterocycles. The fourth-order valence-electron chi connectivity index (χ4n) is 3.71. The first kappa shape index (κ1) is 24.1. The number of thioether (sulfide) groups is 1. The van der Waals surface area contributed by atoms with E-state index in [4.69, 9.17) is 9.15 Å². The van der Waals surface area contributed by atoms with Crippen LogP contribution < -0.4 is 15.4 Å². The highest BCUT2D eigenvalue weighted by molar-refractivity contribution is 7.98. The predicted octanol–water partition coefficient (Wildman–Crippen LogP) is 4.66. The van der Waals surface area contributed by atoms with Crippen molar-refractivity contribution in [1.82, 2.24) is 20.4 Å². The van der Waals surface area contributed by atoms with Crippen LogP contribution in [-0.2, 0) is 5.75 Å². The van der Waals surface area contributed by atoms with Crippen LogP contribution >= 0.6 is 11.8 Å². The first-order valence-corrected chi connectivity index (χ1v) is 12.9. The summed E-state index contributed by atoms with van der Waals surface area (Å²) in [5.74, 6) is 3.37. The minimum absolute atomic E-state index is 0.196. The van der Waals surface area contributed by atoms with Gasteiger partial charge in [0.1, 0.15) is 5.75 Å². The van der Waals surface area contributed by atoms with E-state index in [0.29, 0.717) is 36.4 Å². The molecule has 0 radical (unpaired) electrons. The van der Waals surface area contributed by atoms with Crippen LogP contribution in [0.3, 0.4) is 0 Å². The second kappa shape index (κ2) is 13.0. The number of carbonyl (C=O) groups excluding carboxylic acids is 1. The van der Waals surface area contributed by atoms with E-state index in [1.165, 1.54) is 19.3 Å². The number of nitrogens with zero attached hydrogens (tertiary/aromatic N) is 3. The van der Waals surface area contributed by atoms with Crippen molar-refractivity contribution in [3.8, 4) is 17.2 Å². The number of likely N-dealkylation sites (tertiary alicyclic amines) is 1. The Morgan fingerprint density at radius 2 is 1.82 bits per heavy atom. The molecule has 4 rings (SSSR count). The average molecular weight is 482 g/mol. The van der Waals surface area contributed by atoms with Crippen LogP contribution in [0.25, 0.3) is 11.5 Å². The van der Waals surface area contributed by atoms with Gasteiger partial charge in [0.15, 0.2) is 0 Å². The molecule has 2 N–H and O–H groups in total. The van der Waals surface area contributed by atoms with Gasteiger partial charge in [-0.25, -0.2) is 4.79 Å². The minimum atomic E-state index is -0.196. The maximum Gasteiger partial charge on any atom is 0.319 e. The Morgan fingerprint density at radius 1 is 1.03 bits per heavy atom. The summed E-state index contributed by atoms with van der Waals surface area (Å²) in [5.41, 5.74) is 1.53. The van der Waals surface area contributed by atoms with Crippen molar-refractivity contribution in [2.75, 3.05) is 43.9 Å². The number of benzene rings is 2. The molecule has 34 heavy (non-hydrogen) atoms. The van der Waals surface area contributed by atoms with E-state index in [0.717, 1.165) is 36.7 Å². The number of hydrogen-bond donors (Lipinski definition) is 2. The summed E-state index contributed by atoms with van der Waals surface area (Å²) in [7, 11) is 0. The van der Waals surface area contributed by atoms with Gasteiger partial charge in [0.2, 0.25) is 11.8 Å². The van der Waals surface area contributed by atoms with Crippen LogP contribution in [0.1, 0.15) is 25.2 Å². The Morgan fingerprint density at radius 3 is 2.62 bits per heavy atom. The normalized spacial score (nSPS) is 14.0. The molecular formula is C25H31N5O3S. The lowest BCUT2D eigenvalue weighted by Gasteiger charge is -2.26. The third-order valence-corrected chi connectivity index (χ3v) is 6.39. The van der Waals surface area contributed by atoms with Gasteiger partial charge in [-0.2, -0.15) is 0 Å². The zero-order valence-electron chi connectivity index (χ0n) is 19.2. The number of anilines is 1. The molecule has 1 saturated heterocycles. The van der Waals surface area contributed by atoms with Crippen molar-refractivity contribution in [1.29, 1.82) is 0 Å². The number of nitrogens with one attached hydrogen (secondary N) is 2. The summed E-state index contributed by atoms with van der Waals surface area (Å²) < 4.78 is 11.5. The van der Waals surface area contributed by atoms with E-state index < -0.39 is 0 Å². The van der Waals surface area contributed by atoms with E-state index in [2.05, 4.69) is 25.7 Å². The smallest absolute Gasteiger partial charge is 0.319 e. The molecule has 0 aliphatic carbocycles. The lowest BCUT2D eigenvalue weighted by atomic mass is 10.1. The second-order valence-electron chi connectivity index (χ2n) is 8.08.